The summed E-state index contributed by atoms with van der Waals surface area (Å²) in [6.07, 6.45) is 0.223. The van der Waals surface area contributed by atoms with E-state index in [1.165, 1.54) is 0 Å². The quantitative estimate of drug-likeness (QED) is 0.673. The van der Waals surface area contributed by atoms with Crippen LogP contribution in [0.3, 0.4) is 0 Å². The van der Waals surface area contributed by atoms with E-state index in [9.17, 15) is 0 Å². The molecule has 0 saturated carbocycles. The second-order valence-electron chi connectivity index (χ2n) is 4.93. The van der Waals surface area contributed by atoms with E-state index in [1.807, 2.05) is 0 Å². The highest BCUT2D eigenvalue weighted by molar-refractivity contribution is 4.70. The van der Waals surface area contributed by atoms with Crippen molar-refractivity contribution in [2.75, 3.05) is 39.5 Å². The molecule has 2 atom stereocenters. The van der Waals surface area contributed by atoms with Gasteiger partial charge in [-0.05, 0) is 19.4 Å². The monoisotopic (exact) mass is 230 g/mol. The molecule has 16 heavy (non-hydrogen) atoms. The van der Waals surface area contributed by atoms with Crippen LogP contribution in [0.5, 0.6) is 0 Å². The normalized spacial score (nSPS) is 23.6. The average Bonchev–Trinajstić information content (AvgIpc) is 2.27. The van der Waals surface area contributed by atoms with Gasteiger partial charge in [0, 0.05) is 19.1 Å². The summed E-state index contributed by atoms with van der Waals surface area (Å²) >= 11 is 0. The Morgan fingerprint density at radius 2 is 2.00 bits per heavy atom. The minimum atomic E-state index is 0.223. The van der Waals surface area contributed by atoms with Gasteiger partial charge in [0.15, 0.2) is 0 Å². The Balaban J connectivity index is 1.98. The van der Waals surface area contributed by atoms with Crippen molar-refractivity contribution in [1.29, 1.82) is 0 Å². The van der Waals surface area contributed by atoms with Crippen LogP contribution >= 0.6 is 0 Å². The molecule has 2 unspecified atom stereocenters. The lowest BCUT2D eigenvalue weighted by Crippen LogP contribution is -2.44. The van der Waals surface area contributed by atoms with E-state index in [4.69, 9.17) is 9.47 Å². The molecule has 0 aromatic carbocycles. The lowest BCUT2D eigenvalue weighted by molar-refractivity contribution is -0.0869. The first-order valence-electron chi connectivity index (χ1n) is 6.32. The van der Waals surface area contributed by atoms with Gasteiger partial charge in [0.1, 0.15) is 0 Å². The molecule has 1 fully saturated rings. The fourth-order valence-corrected chi connectivity index (χ4v) is 1.65. The van der Waals surface area contributed by atoms with Crippen LogP contribution < -0.4 is 10.6 Å². The van der Waals surface area contributed by atoms with Crippen LogP contribution in [0.25, 0.3) is 0 Å². The molecular formula is C12H26N2O2. The van der Waals surface area contributed by atoms with Gasteiger partial charge in [-0.3, -0.25) is 0 Å². The molecule has 0 bridgehead atoms. The van der Waals surface area contributed by atoms with Gasteiger partial charge >= 0.3 is 0 Å². The first-order valence-corrected chi connectivity index (χ1v) is 6.32. The van der Waals surface area contributed by atoms with Gasteiger partial charge < -0.3 is 20.1 Å². The SMILES string of the molecule is CC(C)CNCC(C)NCC1COCCO1. The fraction of sp³-hybridized carbons (Fsp3) is 1.00. The Bertz CT molecular complexity index is 170. The van der Waals surface area contributed by atoms with Crippen LogP contribution in [0.2, 0.25) is 0 Å². The summed E-state index contributed by atoms with van der Waals surface area (Å²) in [4.78, 5) is 0. The maximum Gasteiger partial charge on any atom is 0.0933 e. The Labute approximate surface area is 99.1 Å². The van der Waals surface area contributed by atoms with E-state index in [2.05, 4.69) is 31.4 Å². The molecule has 0 aliphatic carbocycles. The molecule has 1 aliphatic heterocycles. The summed E-state index contributed by atoms with van der Waals surface area (Å²) in [7, 11) is 0. The van der Waals surface area contributed by atoms with Crippen LogP contribution in [0.4, 0.5) is 0 Å². The first kappa shape index (κ1) is 13.9. The van der Waals surface area contributed by atoms with Crippen molar-refractivity contribution >= 4 is 0 Å². The predicted octanol–water partition coefficient (Wildman–Crippen LogP) is 0.626. The van der Waals surface area contributed by atoms with Crippen molar-refractivity contribution in [2.24, 2.45) is 5.92 Å². The highest BCUT2D eigenvalue weighted by Gasteiger charge is 2.14. The summed E-state index contributed by atoms with van der Waals surface area (Å²) in [5.74, 6) is 0.710. The summed E-state index contributed by atoms with van der Waals surface area (Å²) < 4.78 is 10.9. The molecule has 0 aromatic heterocycles. The molecule has 1 heterocycles. The maximum atomic E-state index is 5.56. The third kappa shape index (κ3) is 6.43. The number of hydrogen-bond donors (Lipinski definition) is 2. The van der Waals surface area contributed by atoms with Crippen molar-refractivity contribution in [2.45, 2.75) is 32.9 Å². The Hall–Kier alpha value is -0.160. The van der Waals surface area contributed by atoms with Gasteiger partial charge in [0.2, 0.25) is 0 Å². The molecule has 1 aliphatic rings. The molecule has 96 valence electrons. The van der Waals surface area contributed by atoms with Gasteiger partial charge in [-0.25, -0.2) is 0 Å². The first-order chi connectivity index (χ1) is 7.68. The molecule has 0 amide bonds. The third-order valence-corrected chi connectivity index (χ3v) is 2.58. The number of hydrogen-bond acceptors (Lipinski definition) is 4. The Morgan fingerprint density at radius 3 is 2.62 bits per heavy atom. The fourth-order valence-electron chi connectivity index (χ4n) is 1.65. The zero-order valence-electron chi connectivity index (χ0n) is 10.8. The van der Waals surface area contributed by atoms with Crippen LogP contribution in [-0.4, -0.2) is 51.6 Å². The van der Waals surface area contributed by atoms with Gasteiger partial charge in [-0.15, -0.1) is 0 Å². The summed E-state index contributed by atoms with van der Waals surface area (Å²) in [6, 6.07) is 0.476. The molecule has 1 rings (SSSR count). The minimum Gasteiger partial charge on any atom is -0.376 e. The highest BCUT2D eigenvalue weighted by atomic mass is 16.6. The van der Waals surface area contributed by atoms with Crippen molar-refractivity contribution in [3.8, 4) is 0 Å². The van der Waals surface area contributed by atoms with E-state index in [-0.39, 0.29) is 6.10 Å². The topological polar surface area (TPSA) is 42.5 Å². The molecule has 0 radical (unpaired) electrons. The van der Waals surface area contributed by atoms with E-state index in [0.29, 0.717) is 12.0 Å². The molecule has 2 N–H and O–H groups in total. The average molecular weight is 230 g/mol. The zero-order chi connectivity index (χ0) is 11.8. The standard InChI is InChI=1S/C12H26N2O2/c1-10(2)6-13-7-11(3)14-8-12-9-15-4-5-16-12/h10-14H,4-9H2,1-3H3. The lowest BCUT2D eigenvalue weighted by Gasteiger charge is -2.25. The Morgan fingerprint density at radius 1 is 1.19 bits per heavy atom. The molecule has 4 nitrogen and oxygen atoms in total. The van der Waals surface area contributed by atoms with Crippen molar-refractivity contribution < 1.29 is 9.47 Å². The van der Waals surface area contributed by atoms with E-state index in [1.54, 1.807) is 0 Å². The molecular weight excluding hydrogens is 204 g/mol. The molecule has 1 saturated heterocycles. The van der Waals surface area contributed by atoms with E-state index >= 15 is 0 Å². The summed E-state index contributed by atoms with van der Waals surface area (Å²) in [6.45, 7) is 11.8. The van der Waals surface area contributed by atoms with Gasteiger partial charge in [0.25, 0.3) is 0 Å². The largest absolute Gasteiger partial charge is 0.376 e. The number of rotatable bonds is 7. The zero-order valence-corrected chi connectivity index (χ0v) is 10.8. The second-order valence-corrected chi connectivity index (χ2v) is 4.93. The predicted molar refractivity (Wildman–Crippen MR) is 65.7 cm³/mol. The summed E-state index contributed by atoms with van der Waals surface area (Å²) in [5, 5.41) is 6.90. The lowest BCUT2D eigenvalue weighted by atomic mass is 10.2. The van der Waals surface area contributed by atoms with E-state index in [0.717, 1.165) is 39.5 Å². The van der Waals surface area contributed by atoms with Gasteiger partial charge in [-0.1, -0.05) is 13.8 Å². The van der Waals surface area contributed by atoms with Crippen LogP contribution in [0, 0.1) is 5.92 Å². The van der Waals surface area contributed by atoms with Crippen molar-refractivity contribution in [3.63, 3.8) is 0 Å². The molecule has 4 heteroatoms. The molecule has 0 aromatic rings. The van der Waals surface area contributed by atoms with Gasteiger partial charge in [-0.2, -0.15) is 0 Å². The highest BCUT2D eigenvalue weighted by Crippen LogP contribution is 1.99. The second kappa shape index (κ2) is 8.01. The number of nitrogens with one attached hydrogen (secondary N) is 2. The molecule has 0 spiro atoms. The Kier molecular flexibility index (Phi) is 6.96. The van der Waals surface area contributed by atoms with Crippen LogP contribution in [0.15, 0.2) is 0 Å². The maximum absolute atomic E-state index is 5.56. The smallest absolute Gasteiger partial charge is 0.0933 e. The van der Waals surface area contributed by atoms with Crippen LogP contribution in [-0.2, 0) is 9.47 Å². The van der Waals surface area contributed by atoms with E-state index < -0.39 is 0 Å². The van der Waals surface area contributed by atoms with Crippen LogP contribution in [0.1, 0.15) is 20.8 Å². The number of ether oxygens (including phenoxy) is 2. The third-order valence-electron chi connectivity index (χ3n) is 2.58. The van der Waals surface area contributed by atoms with Crippen molar-refractivity contribution in [3.05, 3.63) is 0 Å². The summed E-state index contributed by atoms with van der Waals surface area (Å²) in [5.41, 5.74) is 0. The van der Waals surface area contributed by atoms with Gasteiger partial charge in [0.05, 0.1) is 25.9 Å². The minimum absolute atomic E-state index is 0.223. The van der Waals surface area contributed by atoms with Crippen molar-refractivity contribution in [1.82, 2.24) is 10.6 Å².